The first-order valence-corrected chi connectivity index (χ1v) is 3.90. The topological polar surface area (TPSA) is 52.5 Å². The van der Waals surface area contributed by atoms with E-state index in [1.165, 1.54) is 0 Å². The number of halogens is 1. The van der Waals surface area contributed by atoms with Crippen molar-refractivity contribution in [2.45, 2.75) is 12.8 Å². The molecular weight excluding hydrogens is 190 g/mol. The molecule has 3 nitrogen and oxygen atoms in total. The summed E-state index contributed by atoms with van der Waals surface area (Å²) in [6.07, 6.45) is -1.27. The van der Waals surface area contributed by atoms with E-state index in [1.54, 1.807) is 0 Å². The van der Waals surface area contributed by atoms with Crippen molar-refractivity contribution in [1.29, 1.82) is 0 Å². The number of benzene rings is 1. The van der Waals surface area contributed by atoms with E-state index < -0.39 is 6.29 Å². The first-order chi connectivity index (χ1) is 5.79. The van der Waals surface area contributed by atoms with Crippen molar-refractivity contribution in [3.05, 3.63) is 35.9 Å². The van der Waals surface area contributed by atoms with Crippen molar-refractivity contribution >= 4 is 12.4 Å². The Morgan fingerprint density at radius 3 is 2.31 bits per heavy atom. The first-order valence-electron chi connectivity index (χ1n) is 3.90. The summed E-state index contributed by atoms with van der Waals surface area (Å²) < 4.78 is 0. The summed E-state index contributed by atoms with van der Waals surface area (Å²) in [4.78, 5) is 0. The molecule has 0 saturated carbocycles. The third-order valence-corrected chi connectivity index (χ3v) is 1.50. The summed E-state index contributed by atoms with van der Waals surface area (Å²) in [7, 11) is 0. The second kappa shape index (κ2) is 6.86. The summed E-state index contributed by atoms with van der Waals surface area (Å²) >= 11 is 0. The zero-order valence-electron chi connectivity index (χ0n) is 7.18. The van der Waals surface area contributed by atoms with Crippen LogP contribution in [0, 0.1) is 0 Å². The van der Waals surface area contributed by atoms with Crippen molar-refractivity contribution < 1.29 is 10.2 Å². The predicted octanol–water partition coefficient (Wildman–Crippen LogP) is 0.509. The van der Waals surface area contributed by atoms with E-state index in [9.17, 15) is 0 Å². The molecule has 0 heterocycles. The van der Waals surface area contributed by atoms with Gasteiger partial charge in [0.2, 0.25) is 0 Å². The van der Waals surface area contributed by atoms with Crippen LogP contribution in [0.5, 0.6) is 0 Å². The van der Waals surface area contributed by atoms with Gasteiger partial charge in [0, 0.05) is 13.1 Å². The van der Waals surface area contributed by atoms with Gasteiger partial charge in [-0.25, -0.2) is 0 Å². The van der Waals surface area contributed by atoms with E-state index in [-0.39, 0.29) is 19.0 Å². The maximum atomic E-state index is 8.52. The molecule has 0 atom stereocenters. The number of hydrogen-bond donors (Lipinski definition) is 3. The van der Waals surface area contributed by atoms with Gasteiger partial charge in [0.25, 0.3) is 0 Å². The Labute approximate surface area is 83.8 Å². The predicted molar refractivity (Wildman–Crippen MR) is 53.6 cm³/mol. The van der Waals surface area contributed by atoms with Crippen LogP contribution in [0.15, 0.2) is 30.3 Å². The van der Waals surface area contributed by atoms with E-state index in [0.717, 1.165) is 5.56 Å². The molecule has 0 aliphatic carbocycles. The monoisotopic (exact) mass is 203 g/mol. The standard InChI is InChI=1S/C9H13NO2.ClH/c11-9(12)7-10-6-8-4-2-1-3-5-8;/h1-5,9-12H,6-7H2;1H. The second-order valence-corrected chi connectivity index (χ2v) is 2.60. The molecule has 3 N–H and O–H groups in total. The molecular formula is C9H14ClNO2. The van der Waals surface area contributed by atoms with Crippen LogP contribution >= 0.6 is 12.4 Å². The molecule has 4 heteroatoms. The van der Waals surface area contributed by atoms with Gasteiger partial charge < -0.3 is 15.5 Å². The Balaban J connectivity index is 0.00000144. The Morgan fingerprint density at radius 1 is 1.15 bits per heavy atom. The van der Waals surface area contributed by atoms with Crippen molar-refractivity contribution in [3.8, 4) is 0 Å². The highest BCUT2D eigenvalue weighted by molar-refractivity contribution is 5.85. The zero-order chi connectivity index (χ0) is 8.81. The van der Waals surface area contributed by atoms with Crippen LogP contribution in [0.3, 0.4) is 0 Å². The van der Waals surface area contributed by atoms with Crippen LogP contribution in [-0.2, 0) is 6.54 Å². The van der Waals surface area contributed by atoms with Crippen molar-refractivity contribution in [1.82, 2.24) is 5.32 Å². The molecule has 0 spiro atoms. The van der Waals surface area contributed by atoms with Gasteiger partial charge in [-0.1, -0.05) is 30.3 Å². The Morgan fingerprint density at radius 2 is 1.77 bits per heavy atom. The van der Waals surface area contributed by atoms with Crippen molar-refractivity contribution in [2.75, 3.05) is 6.54 Å². The Bertz CT molecular complexity index is 216. The van der Waals surface area contributed by atoms with Gasteiger partial charge in [0.05, 0.1) is 0 Å². The highest BCUT2D eigenvalue weighted by Crippen LogP contribution is 1.96. The molecule has 1 rings (SSSR count). The number of aliphatic hydroxyl groups excluding tert-OH is 1. The molecule has 0 saturated heterocycles. The molecule has 0 aliphatic heterocycles. The van der Waals surface area contributed by atoms with E-state index in [4.69, 9.17) is 10.2 Å². The summed E-state index contributed by atoms with van der Waals surface area (Å²) in [5.74, 6) is 0. The number of nitrogens with one attached hydrogen (secondary N) is 1. The van der Waals surface area contributed by atoms with Crippen LogP contribution in [0.2, 0.25) is 0 Å². The number of aliphatic hydroxyl groups is 2. The van der Waals surface area contributed by atoms with Crippen molar-refractivity contribution in [2.24, 2.45) is 0 Å². The maximum Gasteiger partial charge on any atom is 0.164 e. The maximum absolute atomic E-state index is 8.52. The Kier molecular flexibility index (Phi) is 6.54. The molecule has 1 aromatic carbocycles. The molecule has 1 aromatic rings. The fourth-order valence-corrected chi connectivity index (χ4v) is 0.941. The minimum atomic E-state index is -1.27. The normalized spacial score (nSPS) is 9.77. The molecule has 0 aliphatic rings. The van der Waals surface area contributed by atoms with E-state index in [1.807, 2.05) is 30.3 Å². The lowest BCUT2D eigenvalue weighted by molar-refractivity contribution is -0.0373. The quantitative estimate of drug-likeness (QED) is 0.625. The van der Waals surface area contributed by atoms with Crippen LogP contribution in [0.1, 0.15) is 5.56 Å². The Hall–Kier alpha value is -0.610. The summed E-state index contributed by atoms with van der Waals surface area (Å²) in [5.41, 5.74) is 1.14. The highest BCUT2D eigenvalue weighted by atomic mass is 35.5. The summed E-state index contributed by atoms with van der Waals surface area (Å²) in [6.45, 7) is 0.868. The average Bonchev–Trinajstić information content (AvgIpc) is 2.05. The minimum absolute atomic E-state index is 0. The number of rotatable bonds is 4. The van der Waals surface area contributed by atoms with E-state index in [2.05, 4.69) is 5.32 Å². The SMILES string of the molecule is Cl.OC(O)CNCc1ccccc1. The van der Waals surface area contributed by atoms with E-state index >= 15 is 0 Å². The molecule has 0 bridgehead atoms. The van der Waals surface area contributed by atoms with Gasteiger partial charge in [0.15, 0.2) is 6.29 Å². The largest absolute Gasteiger partial charge is 0.367 e. The summed E-state index contributed by atoms with van der Waals surface area (Å²) in [5, 5.41) is 19.9. The zero-order valence-corrected chi connectivity index (χ0v) is 8.00. The molecule has 13 heavy (non-hydrogen) atoms. The highest BCUT2D eigenvalue weighted by Gasteiger charge is 1.95. The molecule has 74 valence electrons. The molecule has 0 aromatic heterocycles. The fourth-order valence-electron chi connectivity index (χ4n) is 0.941. The number of hydrogen-bond acceptors (Lipinski definition) is 3. The minimum Gasteiger partial charge on any atom is -0.367 e. The van der Waals surface area contributed by atoms with Crippen LogP contribution in [0.25, 0.3) is 0 Å². The van der Waals surface area contributed by atoms with Crippen LogP contribution in [0.4, 0.5) is 0 Å². The van der Waals surface area contributed by atoms with Crippen LogP contribution < -0.4 is 5.32 Å². The van der Waals surface area contributed by atoms with Crippen molar-refractivity contribution in [3.63, 3.8) is 0 Å². The van der Waals surface area contributed by atoms with Gasteiger partial charge in [-0.3, -0.25) is 0 Å². The first kappa shape index (κ1) is 12.4. The van der Waals surface area contributed by atoms with Gasteiger partial charge in [-0.05, 0) is 5.56 Å². The lowest BCUT2D eigenvalue weighted by Crippen LogP contribution is -2.25. The average molecular weight is 204 g/mol. The van der Waals surface area contributed by atoms with Gasteiger partial charge in [0.1, 0.15) is 0 Å². The lowest BCUT2D eigenvalue weighted by atomic mass is 10.2. The van der Waals surface area contributed by atoms with Gasteiger partial charge >= 0.3 is 0 Å². The molecule has 0 fully saturated rings. The molecule has 0 radical (unpaired) electrons. The summed E-state index contributed by atoms with van der Waals surface area (Å²) in [6, 6.07) is 9.82. The van der Waals surface area contributed by atoms with E-state index in [0.29, 0.717) is 6.54 Å². The van der Waals surface area contributed by atoms with Gasteiger partial charge in [-0.15, -0.1) is 12.4 Å². The smallest absolute Gasteiger partial charge is 0.164 e. The van der Waals surface area contributed by atoms with Gasteiger partial charge in [-0.2, -0.15) is 0 Å². The third kappa shape index (κ3) is 5.60. The fraction of sp³-hybridized carbons (Fsp3) is 0.333. The molecule has 0 amide bonds. The lowest BCUT2D eigenvalue weighted by Gasteiger charge is -2.05. The van der Waals surface area contributed by atoms with Crippen LogP contribution in [-0.4, -0.2) is 23.0 Å². The third-order valence-electron chi connectivity index (χ3n) is 1.50. The second-order valence-electron chi connectivity index (χ2n) is 2.60. The molecule has 0 unspecified atom stereocenters.